The first-order valence-corrected chi connectivity index (χ1v) is 12.5. The van der Waals surface area contributed by atoms with E-state index in [-0.39, 0.29) is 24.2 Å². The number of nitrogens with zero attached hydrogens (tertiary/aromatic N) is 2. The van der Waals surface area contributed by atoms with Gasteiger partial charge in [0.1, 0.15) is 0 Å². The molecule has 4 rings (SSSR count). The van der Waals surface area contributed by atoms with Crippen molar-refractivity contribution in [3.05, 3.63) is 71.8 Å². The molecular weight excluding hydrogens is 375 g/mol. The van der Waals surface area contributed by atoms with Crippen LogP contribution in [-0.4, -0.2) is 21.4 Å². The summed E-state index contributed by atoms with van der Waals surface area (Å²) in [4.78, 5) is 0. The molecule has 1 saturated heterocycles. The Hall–Kier alpha value is -1.12. The van der Waals surface area contributed by atoms with Crippen molar-refractivity contribution in [1.29, 1.82) is 0 Å². The lowest BCUT2D eigenvalue weighted by Crippen LogP contribution is -2.41. The van der Waals surface area contributed by atoms with E-state index in [1.165, 1.54) is 24.0 Å². The van der Waals surface area contributed by atoms with Crippen molar-refractivity contribution in [2.75, 3.05) is 0 Å². The van der Waals surface area contributed by atoms with E-state index in [0.29, 0.717) is 0 Å². The molecule has 3 nitrogen and oxygen atoms in total. The molecule has 144 valence electrons. The SMILES string of the molecule is C[C@H](c1ccccc1)N1[C@@H]2CCCC[C@H]2N([C@H](C)c2ccccc2)P1(=O)Cl. The van der Waals surface area contributed by atoms with Crippen molar-refractivity contribution in [3.8, 4) is 0 Å². The van der Waals surface area contributed by atoms with Gasteiger partial charge < -0.3 is 0 Å². The minimum absolute atomic E-state index is 0.0353. The van der Waals surface area contributed by atoms with Crippen molar-refractivity contribution >= 4 is 18.0 Å². The second-order valence-corrected chi connectivity index (χ2v) is 11.0. The average molecular weight is 403 g/mol. The van der Waals surface area contributed by atoms with Gasteiger partial charge in [-0.25, -0.2) is 9.34 Å². The summed E-state index contributed by atoms with van der Waals surface area (Å²) in [6, 6.07) is 21.3. The number of benzene rings is 2. The maximum atomic E-state index is 14.1. The average Bonchev–Trinajstić information content (AvgIpc) is 2.94. The number of hydrogen-bond acceptors (Lipinski definition) is 1. The number of halogens is 1. The second kappa shape index (κ2) is 7.72. The Labute approximate surface area is 167 Å². The zero-order valence-corrected chi connectivity index (χ0v) is 17.7. The van der Waals surface area contributed by atoms with Crippen LogP contribution in [0.15, 0.2) is 60.7 Å². The Morgan fingerprint density at radius 3 is 1.56 bits per heavy atom. The topological polar surface area (TPSA) is 23.6 Å². The Morgan fingerprint density at radius 1 is 0.815 bits per heavy atom. The third-order valence-corrected chi connectivity index (χ3v) is 9.77. The lowest BCUT2D eigenvalue weighted by atomic mass is 9.88. The van der Waals surface area contributed by atoms with Gasteiger partial charge in [0.2, 0.25) is 0 Å². The highest BCUT2D eigenvalue weighted by Crippen LogP contribution is 2.71. The monoisotopic (exact) mass is 402 g/mol. The van der Waals surface area contributed by atoms with Crippen molar-refractivity contribution in [1.82, 2.24) is 9.34 Å². The number of fused-ring (bicyclic) bond motifs is 1. The summed E-state index contributed by atoms with van der Waals surface area (Å²) in [5.41, 5.74) is 2.36. The maximum absolute atomic E-state index is 14.1. The molecule has 2 aromatic rings. The molecule has 0 radical (unpaired) electrons. The van der Waals surface area contributed by atoms with Gasteiger partial charge in [0.15, 0.2) is 0 Å². The van der Waals surface area contributed by atoms with Crippen LogP contribution in [0.25, 0.3) is 0 Å². The molecule has 27 heavy (non-hydrogen) atoms. The summed E-state index contributed by atoms with van der Waals surface area (Å²) in [6.45, 7) is 1.12. The van der Waals surface area contributed by atoms with E-state index in [9.17, 15) is 4.57 Å². The van der Waals surface area contributed by atoms with Crippen LogP contribution in [0.1, 0.15) is 62.7 Å². The molecule has 0 amide bonds. The van der Waals surface area contributed by atoms with Crippen LogP contribution in [0.2, 0.25) is 0 Å². The van der Waals surface area contributed by atoms with Gasteiger partial charge in [0, 0.05) is 24.2 Å². The Balaban J connectivity index is 1.73. The third kappa shape index (κ3) is 3.40. The zero-order chi connectivity index (χ0) is 19.0. The van der Waals surface area contributed by atoms with Crippen molar-refractivity contribution in [2.45, 2.75) is 63.7 Å². The first-order chi connectivity index (χ1) is 13.0. The van der Waals surface area contributed by atoms with Gasteiger partial charge in [-0.3, -0.25) is 4.57 Å². The Bertz CT molecular complexity index is 750. The quantitative estimate of drug-likeness (QED) is 0.526. The van der Waals surface area contributed by atoms with Gasteiger partial charge in [0.25, 0.3) is 0 Å². The summed E-state index contributed by atoms with van der Waals surface area (Å²) in [5, 5.41) is 0. The summed E-state index contributed by atoms with van der Waals surface area (Å²) in [5.74, 6) is 0. The second-order valence-electron chi connectivity index (χ2n) is 7.83. The predicted octanol–water partition coefficient (Wildman–Crippen LogP) is 6.78. The van der Waals surface area contributed by atoms with Crippen LogP contribution in [-0.2, 0) is 4.57 Å². The van der Waals surface area contributed by atoms with Gasteiger partial charge in [-0.2, -0.15) is 0 Å². The van der Waals surface area contributed by atoms with Crippen LogP contribution in [0, 0.1) is 0 Å². The number of rotatable bonds is 4. The molecule has 0 bridgehead atoms. The molecule has 0 unspecified atom stereocenters. The van der Waals surface area contributed by atoms with Crippen molar-refractivity contribution < 1.29 is 4.57 Å². The fraction of sp³-hybridized carbons (Fsp3) is 0.455. The fourth-order valence-electron chi connectivity index (χ4n) is 4.96. The molecule has 1 aliphatic carbocycles. The largest absolute Gasteiger partial charge is 0.306 e. The molecule has 1 saturated carbocycles. The smallest absolute Gasteiger partial charge is 0.271 e. The van der Waals surface area contributed by atoms with Crippen molar-refractivity contribution in [2.24, 2.45) is 0 Å². The van der Waals surface area contributed by atoms with Crippen molar-refractivity contribution in [3.63, 3.8) is 0 Å². The predicted molar refractivity (Wildman–Crippen MR) is 113 cm³/mol. The minimum atomic E-state index is -3.17. The van der Waals surface area contributed by atoms with Crippen LogP contribution in [0.4, 0.5) is 0 Å². The van der Waals surface area contributed by atoms with E-state index in [0.717, 1.165) is 12.8 Å². The first kappa shape index (κ1) is 19.2. The van der Waals surface area contributed by atoms with Gasteiger partial charge >= 0.3 is 6.80 Å². The maximum Gasteiger partial charge on any atom is 0.306 e. The van der Waals surface area contributed by atoms with E-state index in [4.69, 9.17) is 11.2 Å². The fourth-order valence-corrected chi connectivity index (χ4v) is 9.05. The molecule has 0 N–H and O–H groups in total. The molecule has 1 aliphatic heterocycles. The lowest BCUT2D eigenvalue weighted by molar-refractivity contribution is 0.166. The zero-order valence-electron chi connectivity index (χ0n) is 16.0. The highest BCUT2D eigenvalue weighted by atomic mass is 35.7. The standard InChI is InChI=1S/C22H28ClN2OP/c1-17(19-11-5-3-6-12-19)24-21-15-9-10-16-22(21)25(27(24,23)26)18(2)20-13-7-4-8-14-20/h3-8,11-14,17-18,21-22H,9-10,15-16H2,1-2H3/t17-,18-,21-,22-/m1/s1. The molecule has 2 fully saturated rings. The van der Waals surface area contributed by atoms with E-state index in [2.05, 4.69) is 47.5 Å². The van der Waals surface area contributed by atoms with Gasteiger partial charge in [0.05, 0.1) is 0 Å². The van der Waals surface area contributed by atoms with Crippen LogP contribution in [0.3, 0.4) is 0 Å². The first-order valence-electron chi connectivity index (χ1n) is 9.99. The number of hydrogen-bond donors (Lipinski definition) is 0. The summed E-state index contributed by atoms with van der Waals surface area (Å²) >= 11 is 6.97. The van der Waals surface area contributed by atoms with E-state index >= 15 is 0 Å². The van der Waals surface area contributed by atoms with Gasteiger partial charge in [-0.1, -0.05) is 73.5 Å². The van der Waals surface area contributed by atoms with E-state index < -0.39 is 6.80 Å². The normalized spacial score (nSPS) is 27.8. The van der Waals surface area contributed by atoms with E-state index in [1.54, 1.807) is 0 Å². The molecule has 2 aliphatic rings. The molecule has 2 aromatic carbocycles. The minimum Gasteiger partial charge on any atom is -0.271 e. The molecule has 5 heteroatoms. The summed E-state index contributed by atoms with van der Waals surface area (Å²) in [6.07, 6.45) is 4.50. The third-order valence-electron chi connectivity index (χ3n) is 6.30. The van der Waals surface area contributed by atoms with Gasteiger partial charge in [-0.15, -0.1) is 0 Å². The lowest BCUT2D eigenvalue weighted by Gasteiger charge is -2.34. The highest BCUT2D eigenvalue weighted by molar-refractivity contribution is 7.85. The Morgan fingerprint density at radius 2 is 1.19 bits per heavy atom. The summed E-state index contributed by atoms with van der Waals surface area (Å²) in [7, 11) is 0. The van der Waals surface area contributed by atoms with Crippen LogP contribution >= 0.6 is 18.0 Å². The molecule has 1 heterocycles. The molecule has 0 spiro atoms. The van der Waals surface area contributed by atoms with Gasteiger partial charge in [-0.05, 0) is 49.1 Å². The highest BCUT2D eigenvalue weighted by Gasteiger charge is 2.57. The molecule has 4 atom stereocenters. The van der Waals surface area contributed by atoms with E-state index in [1.807, 2.05) is 36.4 Å². The molecule has 0 aromatic heterocycles. The summed E-state index contributed by atoms with van der Waals surface area (Å²) < 4.78 is 18.4. The van der Waals surface area contributed by atoms with Crippen LogP contribution < -0.4 is 0 Å². The Kier molecular flexibility index (Phi) is 5.49. The van der Waals surface area contributed by atoms with Crippen LogP contribution in [0.5, 0.6) is 0 Å². The molecular formula is C22H28ClN2OP.